The van der Waals surface area contributed by atoms with Crippen molar-refractivity contribution in [3.63, 3.8) is 0 Å². The summed E-state index contributed by atoms with van der Waals surface area (Å²) in [6.07, 6.45) is 1.46. The number of carboxylic acids is 1. The first kappa shape index (κ1) is 15.2. The second-order valence-corrected chi connectivity index (χ2v) is 4.31. The highest BCUT2D eigenvalue weighted by Gasteiger charge is 2.18. The third kappa shape index (κ3) is 6.01. The molecule has 0 bridgehead atoms. The van der Waals surface area contributed by atoms with E-state index in [0.29, 0.717) is 6.42 Å². The van der Waals surface area contributed by atoms with E-state index in [1.807, 2.05) is 37.3 Å². The van der Waals surface area contributed by atoms with E-state index in [1.165, 1.54) is 0 Å². The van der Waals surface area contributed by atoms with Gasteiger partial charge in [0, 0.05) is 0 Å². The van der Waals surface area contributed by atoms with Gasteiger partial charge in [0.15, 0.2) is 0 Å². The zero-order valence-electron chi connectivity index (χ0n) is 11.1. The molecule has 1 atom stereocenters. The Labute approximate surface area is 113 Å². The summed E-state index contributed by atoms with van der Waals surface area (Å²) in [6.45, 7) is 2.39. The summed E-state index contributed by atoms with van der Waals surface area (Å²) in [7, 11) is 0. The predicted molar refractivity (Wildman–Crippen MR) is 72.9 cm³/mol. The first-order valence-electron chi connectivity index (χ1n) is 6.40. The van der Waals surface area contributed by atoms with E-state index in [9.17, 15) is 9.59 Å². The summed E-state index contributed by atoms with van der Waals surface area (Å²) in [5.74, 6) is -1.32. The Hall–Kier alpha value is -1.88. The molecule has 1 amide bonds. The van der Waals surface area contributed by atoms with Crippen LogP contribution in [0.1, 0.15) is 18.9 Å². The van der Waals surface area contributed by atoms with E-state index in [4.69, 9.17) is 5.11 Å². The van der Waals surface area contributed by atoms with E-state index >= 15 is 0 Å². The fraction of sp³-hybridized carbons (Fsp3) is 0.429. The van der Waals surface area contributed by atoms with E-state index in [1.54, 1.807) is 0 Å². The topological polar surface area (TPSA) is 78.4 Å². The van der Waals surface area contributed by atoms with E-state index < -0.39 is 12.0 Å². The first-order valence-corrected chi connectivity index (χ1v) is 6.40. The van der Waals surface area contributed by atoms with Crippen LogP contribution in [0.2, 0.25) is 0 Å². The van der Waals surface area contributed by atoms with E-state index in [-0.39, 0.29) is 12.5 Å². The molecule has 5 nitrogen and oxygen atoms in total. The highest BCUT2D eigenvalue weighted by molar-refractivity contribution is 5.85. The number of hydrogen-bond donors (Lipinski definition) is 3. The number of amides is 1. The summed E-state index contributed by atoms with van der Waals surface area (Å²) in [6, 6.07) is 9.25. The van der Waals surface area contributed by atoms with Crippen LogP contribution in [-0.2, 0) is 16.0 Å². The van der Waals surface area contributed by atoms with Gasteiger partial charge in [-0.1, -0.05) is 37.3 Å². The third-order valence-electron chi connectivity index (χ3n) is 2.65. The van der Waals surface area contributed by atoms with Crippen molar-refractivity contribution in [1.82, 2.24) is 10.6 Å². The van der Waals surface area contributed by atoms with Crippen LogP contribution in [0.4, 0.5) is 0 Å². The minimum absolute atomic E-state index is 0.278. The molecule has 0 unspecified atom stereocenters. The maximum Gasteiger partial charge on any atom is 0.322 e. The lowest BCUT2D eigenvalue weighted by molar-refractivity contribution is -0.138. The van der Waals surface area contributed by atoms with Gasteiger partial charge >= 0.3 is 5.97 Å². The van der Waals surface area contributed by atoms with Gasteiger partial charge in [0.2, 0.25) is 5.91 Å². The van der Waals surface area contributed by atoms with E-state index in [0.717, 1.165) is 18.5 Å². The van der Waals surface area contributed by atoms with Crippen LogP contribution in [0.3, 0.4) is 0 Å². The number of carbonyl (C=O) groups excluding carboxylic acids is 1. The van der Waals surface area contributed by atoms with Crippen LogP contribution in [0.15, 0.2) is 30.3 Å². The van der Waals surface area contributed by atoms with Gasteiger partial charge in [0.1, 0.15) is 6.54 Å². The third-order valence-corrected chi connectivity index (χ3v) is 2.65. The number of carboxylic acid groups (broad SMARTS) is 1. The summed E-state index contributed by atoms with van der Waals surface area (Å²) < 4.78 is 0. The van der Waals surface area contributed by atoms with Gasteiger partial charge in [-0.3, -0.25) is 9.59 Å². The highest BCUT2D eigenvalue weighted by atomic mass is 16.4. The SMILES string of the molecule is CCCN[C@@H](Cc1ccccc1)C(=O)NCC(=O)O. The summed E-state index contributed by atoms with van der Waals surface area (Å²) >= 11 is 0. The molecule has 1 aromatic rings. The van der Waals surface area contributed by atoms with Crippen LogP contribution in [-0.4, -0.2) is 36.1 Å². The number of carbonyl (C=O) groups is 2. The molecule has 1 aromatic carbocycles. The Kier molecular flexibility index (Phi) is 6.60. The molecule has 1 rings (SSSR count). The molecule has 0 saturated carbocycles. The largest absolute Gasteiger partial charge is 0.480 e. The molecule has 104 valence electrons. The Balaban J connectivity index is 2.60. The van der Waals surface area contributed by atoms with Crippen molar-refractivity contribution in [2.45, 2.75) is 25.8 Å². The van der Waals surface area contributed by atoms with Gasteiger partial charge in [0.05, 0.1) is 6.04 Å². The van der Waals surface area contributed by atoms with Crippen LogP contribution < -0.4 is 10.6 Å². The van der Waals surface area contributed by atoms with Crippen molar-refractivity contribution >= 4 is 11.9 Å². The van der Waals surface area contributed by atoms with Crippen molar-refractivity contribution in [2.24, 2.45) is 0 Å². The molecule has 0 spiro atoms. The number of rotatable bonds is 8. The van der Waals surface area contributed by atoms with Crippen molar-refractivity contribution in [3.8, 4) is 0 Å². The summed E-state index contributed by atoms with van der Waals surface area (Å²) in [5, 5.41) is 14.1. The van der Waals surface area contributed by atoms with Crippen LogP contribution in [0.25, 0.3) is 0 Å². The van der Waals surface area contributed by atoms with Crippen molar-refractivity contribution in [1.29, 1.82) is 0 Å². The lowest BCUT2D eigenvalue weighted by Crippen LogP contribution is -2.47. The second-order valence-electron chi connectivity index (χ2n) is 4.31. The first-order chi connectivity index (χ1) is 9.13. The Bertz CT molecular complexity index is 406. The fourth-order valence-electron chi connectivity index (χ4n) is 1.71. The van der Waals surface area contributed by atoms with Gasteiger partial charge < -0.3 is 15.7 Å². The molecule has 0 saturated heterocycles. The molecule has 0 fully saturated rings. The molecule has 0 aliphatic heterocycles. The standard InChI is InChI=1S/C14H20N2O3/c1-2-8-15-12(14(19)16-10-13(17)18)9-11-6-4-3-5-7-11/h3-7,12,15H,2,8-10H2,1H3,(H,16,19)(H,17,18)/t12-/m0/s1. The Morgan fingerprint density at radius 3 is 2.53 bits per heavy atom. The monoisotopic (exact) mass is 264 g/mol. The number of hydrogen-bond acceptors (Lipinski definition) is 3. The van der Waals surface area contributed by atoms with Gasteiger partial charge in [-0.25, -0.2) is 0 Å². The molecular weight excluding hydrogens is 244 g/mol. The Morgan fingerprint density at radius 2 is 1.95 bits per heavy atom. The average molecular weight is 264 g/mol. The average Bonchev–Trinajstić information content (AvgIpc) is 2.41. The summed E-state index contributed by atoms with van der Waals surface area (Å²) in [4.78, 5) is 22.4. The quantitative estimate of drug-likeness (QED) is 0.649. The van der Waals surface area contributed by atoms with Crippen molar-refractivity contribution in [3.05, 3.63) is 35.9 Å². The maximum atomic E-state index is 11.9. The lowest BCUT2D eigenvalue weighted by atomic mass is 10.1. The summed E-state index contributed by atoms with van der Waals surface area (Å²) in [5.41, 5.74) is 1.04. The smallest absolute Gasteiger partial charge is 0.322 e. The number of aliphatic carboxylic acids is 1. The molecule has 3 N–H and O–H groups in total. The van der Waals surface area contributed by atoms with Crippen molar-refractivity contribution in [2.75, 3.05) is 13.1 Å². The number of benzene rings is 1. The van der Waals surface area contributed by atoms with Crippen molar-refractivity contribution < 1.29 is 14.7 Å². The van der Waals surface area contributed by atoms with Gasteiger partial charge in [-0.05, 0) is 24.9 Å². The van der Waals surface area contributed by atoms with Gasteiger partial charge in [-0.2, -0.15) is 0 Å². The van der Waals surface area contributed by atoms with E-state index in [2.05, 4.69) is 10.6 Å². The number of nitrogens with one attached hydrogen (secondary N) is 2. The normalized spacial score (nSPS) is 11.8. The highest BCUT2D eigenvalue weighted by Crippen LogP contribution is 2.03. The van der Waals surface area contributed by atoms with Crippen LogP contribution in [0, 0.1) is 0 Å². The minimum atomic E-state index is -1.04. The Morgan fingerprint density at radius 1 is 1.26 bits per heavy atom. The predicted octanol–water partition coefficient (Wildman–Crippen LogP) is 0.798. The molecule has 0 radical (unpaired) electrons. The molecule has 0 heterocycles. The molecule has 19 heavy (non-hydrogen) atoms. The van der Waals surface area contributed by atoms with Crippen LogP contribution in [0.5, 0.6) is 0 Å². The second kappa shape index (κ2) is 8.26. The minimum Gasteiger partial charge on any atom is -0.480 e. The molecular formula is C14H20N2O3. The molecule has 0 aliphatic rings. The van der Waals surface area contributed by atoms with Gasteiger partial charge in [0.25, 0.3) is 0 Å². The van der Waals surface area contributed by atoms with Gasteiger partial charge in [-0.15, -0.1) is 0 Å². The van der Waals surface area contributed by atoms with Crippen LogP contribution >= 0.6 is 0 Å². The fourth-order valence-corrected chi connectivity index (χ4v) is 1.71. The lowest BCUT2D eigenvalue weighted by Gasteiger charge is -2.17. The maximum absolute atomic E-state index is 11.9. The molecule has 0 aliphatic carbocycles. The zero-order chi connectivity index (χ0) is 14.1. The molecule has 0 aromatic heterocycles. The molecule has 5 heteroatoms. The zero-order valence-corrected chi connectivity index (χ0v) is 11.1.